The molecular weight excluding hydrogens is 967 g/mol. The first-order valence-electron chi connectivity index (χ1n) is 21.9. The van der Waals surface area contributed by atoms with Crippen LogP contribution in [0.4, 0.5) is 17.3 Å². The van der Waals surface area contributed by atoms with E-state index in [4.69, 9.17) is 14.2 Å². The normalized spacial score (nSPS) is 16.1. The van der Waals surface area contributed by atoms with Gasteiger partial charge in [-0.2, -0.15) is 4.90 Å². The monoisotopic (exact) mass is 1010 g/mol. The molecule has 0 unspecified atom stereocenters. The number of methoxy groups -OCH3 is 2. The first kappa shape index (κ1) is 49.6. The van der Waals surface area contributed by atoms with Crippen LogP contribution >= 0.6 is 0 Å². The van der Waals surface area contributed by atoms with Crippen molar-refractivity contribution in [3.63, 3.8) is 0 Å². The molecule has 2 aromatic heterocycles. The summed E-state index contributed by atoms with van der Waals surface area (Å²) in [4.78, 5) is 25.7. The fourth-order valence-electron chi connectivity index (χ4n) is 10.0. The molecule has 358 valence electrons. The topological polar surface area (TPSA) is 158 Å². The zero-order valence-corrected chi connectivity index (χ0v) is 42.1. The molecule has 4 aromatic carbocycles. The van der Waals surface area contributed by atoms with E-state index < -0.39 is 58.8 Å². The Labute approximate surface area is 432 Å². The SMILES string of the molecule is COc1ccccc1C1=[N+]2C(=C(c3ccc(C#Cc4ccc(C5=[N+]6C(=Cc7c(C)c(S(=O)(=O)[O-])c(C)n7[B-]6(F)F)C(=O)N5C)cc4)cc3OCC(=O)O)c3ccc(-c4ccccc4OC)n3[B-]2(F)F)C=C1.[Na+]. The summed E-state index contributed by atoms with van der Waals surface area (Å²) in [7, 11) is -0.904. The van der Waals surface area contributed by atoms with E-state index >= 15 is 17.3 Å². The van der Waals surface area contributed by atoms with E-state index in [1.165, 1.54) is 46.4 Å². The number of carbonyl (C=O) groups is 2. The van der Waals surface area contributed by atoms with Crippen molar-refractivity contribution in [3.05, 3.63) is 177 Å². The van der Waals surface area contributed by atoms with E-state index in [-0.39, 0.29) is 86.3 Å². The summed E-state index contributed by atoms with van der Waals surface area (Å²) in [5.74, 6) is 4.52. The van der Waals surface area contributed by atoms with Gasteiger partial charge in [-0.15, -0.1) is 0 Å². The molecule has 14 nitrogen and oxygen atoms in total. The number of carboxylic acid groups (broad SMARTS) is 1. The van der Waals surface area contributed by atoms with E-state index in [9.17, 15) is 27.7 Å². The molecule has 0 spiro atoms. The maximum absolute atomic E-state index is 17.6. The zero-order chi connectivity index (χ0) is 50.5. The number of nitrogens with zero attached hydrogens (tertiary/aromatic N) is 5. The number of carbonyl (C=O) groups excluding carboxylic acids is 1. The molecule has 1 amide bonds. The molecule has 10 rings (SSSR count). The minimum Gasteiger partial charge on any atom is -0.744 e. The molecule has 6 aromatic rings. The van der Waals surface area contributed by atoms with Crippen LogP contribution in [0.25, 0.3) is 22.9 Å². The van der Waals surface area contributed by atoms with Crippen LogP contribution in [0.2, 0.25) is 0 Å². The quantitative estimate of drug-likeness (QED) is 0.0930. The first-order chi connectivity index (χ1) is 33.8. The van der Waals surface area contributed by atoms with Gasteiger partial charge in [-0.3, -0.25) is 0 Å². The van der Waals surface area contributed by atoms with Crippen LogP contribution in [0, 0.1) is 25.7 Å². The third-order valence-corrected chi connectivity index (χ3v) is 14.1. The number of fused-ring (bicyclic) bond motifs is 4. The number of allylic oxidation sites excluding steroid dienone is 2. The zero-order valence-electron chi connectivity index (χ0n) is 39.3. The van der Waals surface area contributed by atoms with Crippen LogP contribution in [0.3, 0.4) is 0 Å². The average Bonchev–Trinajstić information content (AvgIpc) is 4.11. The number of halogens is 4. The number of likely N-dealkylation sites (N-methyl/N-ethyl adjacent to an activating group) is 1. The number of carboxylic acids is 1. The molecule has 0 atom stereocenters. The third kappa shape index (κ3) is 7.72. The molecule has 1 N–H and O–H groups in total. The van der Waals surface area contributed by atoms with Gasteiger partial charge in [0.05, 0.1) is 42.9 Å². The maximum Gasteiger partial charge on any atom is 1.00 e. The molecule has 0 bridgehead atoms. The van der Waals surface area contributed by atoms with Crippen molar-refractivity contribution < 1.29 is 97.7 Å². The predicted molar refractivity (Wildman–Crippen MR) is 255 cm³/mol. The van der Waals surface area contributed by atoms with Crippen LogP contribution in [-0.2, 0) is 19.7 Å². The van der Waals surface area contributed by atoms with Gasteiger partial charge in [0.2, 0.25) is 0 Å². The molecule has 22 heteroatoms. The van der Waals surface area contributed by atoms with Crippen LogP contribution in [-0.4, -0.2) is 106 Å². The van der Waals surface area contributed by atoms with Crippen molar-refractivity contribution in [2.75, 3.05) is 27.9 Å². The van der Waals surface area contributed by atoms with Crippen LogP contribution in [0.5, 0.6) is 17.2 Å². The Hall–Kier alpha value is -7.34. The third-order valence-electron chi connectivity index (χ3n) is 13.0. The Balaban J connectivity index is 0.00000640. The number of rotatable bonds is 10. The number of benzene rings is 4. The number of ether oxygens (including phenoxy) is 3. The number of para-hydroxylation sites is 2. The summed E-state index contributed by atoms with van der Waals surface area (Å²) in [5, 5.41) is 9.77. The summed E-state index contributed by atoms with van der Waals surface area (Å²) >= 11 is 0. The van der Waals surface area contributed by atoms with Gasteiger partial charge < -0.3 is 59.1 Å². The van der Waals surface area contributed by atoms with Crippen molar-refractivity contribution in [1.29, 1.82) is 0 Å². The standard InChI is InChI=1S/C50H39B2F4N5O9S.Na/c1-29-41-27-42-50(64)57(3)49(61(42)51(53,54)58(41)30(2)48(29)71(65,66)67)33-19-16-31(17-20-33)14-15-32-18-21-36(45(26-32)70-28-46(62)63)47-39-24-22-37(34-10-6-8-12-43(34)68-4)59(39)52(55,56)60-38(23-25-40(47)60)35-11-7-9-13-44(35)69-5;/h6-13,16-27H,28H2,1-5H3,(H,62,63)(H,65,66,67);/q;+1/p-1. The number of amides is 1. The summed E-state index contributed by atoms with van der Waals surface area (Å²) < 4.78 is 125. The van der Waals surface area contributed by atoms with Crippen LogP contribution in [0.15, 0.2) is 132 Å². The van der Waals surface area contributed by atoms with Gasteiger partial charge in [0, 0.05) is 63.3 Å². The predicted octanol–water partition coefficient (Wildman–Crippen LogP) is 3.94. The minimum atomic E-state index is -5.14. The van der Waals surface area contributed by atoms with Crippen molar-refractivity contribution >= 4 is 59.1 Å². The van der Waals surface area contributed by atoms with Crippen molar-refractivity contribution in [2.45, 2.75) is 18.7 Å². The summed E-state index contributed by atoms with van der Waals surface area (Å²) in [5.41, 5.74) is 1.58. The molecule has 0 aliphatic carbocycles. The van der Waals surface area contributed by atoms with Gasteiger partial charge in [-0.25, -0.2) is 18.0 Å². The van der Waals surface area contributed by atoms with Crippen molar-refractivity contribution in [3.8, 4) is 40.3 Å². The number of hydrogen-bond donors (Lipinski definition) is 1. The molecule has 4 aliphatic heterocycles. The number of aromatic nitrogens is 2. The van der Waals surface area contributed by atoms with E-state index in [2.05, 4.69) is 11.8 Å². The number of hydrogen-bond acceptors (Lipinski definition) is 8. The summed E-state index contributed by atoms with van der Waals surface area (Å²) in [6.07, 6.45) is 4.30. The van der Waals surface area contributed by atoms with E-state index in [0.717, 1.165) is 26.9 Å². The van der Waals surface area contributed by atoms with E-state index in [0.29, 0.717) is 48.3 Å². The molecule has 4 aliphatic rings. The van der Waals surface area contributed by atoms with E-state index in [1.807, 2.05) is 0 Å². The molecule has 0 saturated heterocycles. The molecule has 0 saturated carbocycles. The fraction of sp³-hybridized carbons (Fsp3) is 0.120. The van der Waals surface area contributed by atoms with Crippen LogP contribution < -0.4 is 43.8 Å². The molecule has 72 heavy (non-hydrogen) atoms. The second kappa shape index (κ2) is 18.1. The second-order valence-electron chi connectivity index (χ2n) is 17.0. The Morgan fingerprint density at radius 2 is 1.36 bits per heavy atom. The smallest absolute Gasteiger partial charge is 0.744 e. The summed E-state index contributed by atoms with van der Waals surface area (Å²) in [6.45, 7) is -7.95. The van der Waals surface area contributed by atoms with Gasteiger partial charge >= 0.3 is 55.4 Å². The Morgan fingerprint density at radius 3 is 2.01 bits per heavy atom. The maximum atomic E-state index is 17.6. The summed E-state index contributed by atoms with van der Waals surface area (Å²) in [6, 6.07) is 27.6. The van der Waals surface area contributed by atoms with Gasteiger partial charge in [0.25, 0.3) is 5.84 Å². The first-order valence-corrected chi connectivity index (χ1v) is 23.3. The second-order valence-corrected chi connectivity index (χ2v) is 18.3. The van der Waals surface area contributed by atoms with E-state index in [1.54, 1.807) is 97.1 Å². The number of aliphatic carboxylic acids is 1. The molecule has 0 radical (unpaired) electrons. The minimum absolute atomic E-state index is 0. The molecule has 0 fully saturated rings. The number of amidine groups is 1. The average molecular weight is 1010 g/mol. The fourth-order valence-corrected chi connectivity index (χ4v) is 11.0. The Kier molecular flexibility index (Phi) is 12.4. The van der Waals surface area contributed by atoms with Crippen molar-refractivity contribution in [2.24, 2.45) is 0 Å². The molecular formula is C50H38B2F4N5NaO9S. The van der Waals surface area contributed by atoms with Gasteiger partial charge in [0.15, 0.2) is 23.7 Å². The Bertz CT molecular complexity index is 3720. The Morgan fingerprint density at radius 1 is 0.764 bits per heavy atom. The van der Waals surface area contributed by atoms with Gasteiger partial charge in [-0.05, 0) is 98.3 Å². The van der Waals surface area contributed by atoms with Gasteiger partial charge in [-0.1, -0.05) is 36.1 Å². The van der Waals surface area contributed by atoms with Crippen LogP contribution in [0.1, 0.15) is 50.5 Å². The van der Waals surface area contributed by atoms with Crippen molar-refractivity contribution in [1.82, 2.24) is 13.9 Å². The largest absolute Gasteiger partial charge is 1.00 e. The van der Waals surface area contributed by atoms with Gasteiger partial charge in [0.1, 0.15) is 27.4 Å². The molecule has 6 heterocycles.